The number of benzene rings is 1. The largest absolute Gasteiger partial charge is 0.338 e. The molecule has 0 saturated carbocycles. The molecular formula is C20H32N4O2. The molecule has 0 aromatic heterocycles. The van der Waals surface area contributed by atoms with Crippen LogP contribution >= 0.6 is 0 Å². The number of hydrogen-bond donors (Lipinski definition) is 2. The second-order valence-corrected chi connectivity index (χ2v) is 7.71. The summed E-state index contributed by atoms with van der Waals surface area (Å²) in [6.07, 6.45) is 0. The van der Waals surface area contributed by atoms with Gasteiger partial charge in [-0.3, -0.25) is 9.69 Å². The van der Waals surface area contributed by atoms with Gasteiger partial charge in [0.1, 0.15) is 6.04 Å². The lowest BCUT2D eigenvalue weighted by atomic mass is 10.0. The van der Waals surface area contributed by atoms with E-state index in [1.54, 1.807) is 0 Å². The SMILES string of the molecule is CC(C)CN1CCN(C(=O)[C@H](NC(=O)Nc2ccccc2)C(C)C)CC1. The van der Waals surface area contributed by atoms with Gasteiger partial charge < -0.3 is 15.5 Å². The Balaban J connectivity index is 1.90. The van der Waals surface area contributed by atoms with Crippen molar-refractivity contribution in [3.8, 4) is 0 Å². The van der Waals surface area contributed by atoms with E-state index in [0.717, 1.165) is 32.7 Å². The number of anilines is 1. The summed E-state index contributed by atoms with van der Waals surface area (Å²) in [5, 5.41) is 5.64. The molecule has 6 heteroatoms. The standard InChI is InChI=1S/C20H32N4O2/c1-15(2)14-23-10-12-24(13-11-23)19(25)18(16(3)4)22-20(26)21-17-8-6-5-7-9-17/h5-9,15-16,18H,10-14H2,1-4H3,(H2,21,22,26)/t18-/m1/s1. The second-order valence-electron chi connectivity index (χ2n) is 7.71. The zero-order chi connectivity index (χ0) is 19.1. The van der Waals surface area contributed by atoms with Crippen LogP contribution in [0.25, 0.3) is 0 Å². The Morgan fingerprint density at radius 3 is 2.15 bits per heavy atom. The van der Waals surface area contributed by atoms with Crippen LogP contribution in [0.4, 0.5) is 10.5 Å². The van der Waals surface area contributed by atoms with Crippen LogP contribution in [0.15, 0.2) is 30.3 Å². The van der Waals surface area contributed by atoms with E-state index in [1.807, 2.05) is 49.1 Å². The molecule has 1 heterocycles. The lowest BCUT2D eigenvalue weighted by Crippen LogP contribution is -2.57. The fourth-order valence-corrected chi connectivity index (χ4v) is 3.21. The van der Waals surface area contributed by atoms with E-state index >= 15 is 0 Å². The fourth-order valence-electron chi connectivity index (χ4n) is 3.21. The molecule has 2 rings (SSSR count). The summed E-state index contributed by atoms with van der Waals surface area (Å²) in [5.74, 6) is 0.661. The van der Waals surface area contributed by atoms with Crippen LogP contribution in [-0.2, 0) is 4.79 Å². The van der Waals surface area contributed by atoms with E-state index in [1.165, 1.54) is 0 Å². The zero-order valence-electron chi connectivity index (χ0n) is 16.4. The molecule has 26 heavy (non-hydrogen) atoms. The van der Waals surface area contributed by atoms with Crippen molar-refractivity contribution < 1.29 is 9.59 Å². The third kappa shape index (κ3) is 6.02. The summed E-state index contributed by atoms with van der Waals surface area (Å²) in [6.45, 7) is 12.6. The van der Waals surface area contributed by atoms with Crippen molar-refractivity contribution in [2.24, 2.45) is 11.8 Å². The van der Waals surface area contributed by atoms with Crippen molar-refractivity contribution in [2.75, 3.05) is 38.0 Å². The molecule has 1 atom stereocenters. The lowest BCUT2D eigenvalue weighted by molar-refractivity contribution is -0.136. The molecule has 6 nitrogen and oxygen atoms in total. The maximum atomic E-state index is 12.9. The van der Waals surface area contributed by atoms with Crippen LogP contribution in [0.1, 0.15) is 27.7 Å². The first kappa shape index (κ1) is 20.2. The average Bonchev–Trinajstić information content (AvgIpc) is 2.60. The van der Waals surface area contributed by atoms with Crippen LogP contribution in [0.2, 0.25) is 0 Å². The summed E-state index contributed by atoms with van der Waals surface area (Å²) in [4.78, 5) is 29.5. The Morgan fingerprint density at radius 1 is 1.00 bits per heavy atom. The third-order valence-corrected chi connectivity index (χ3v) is 4.56. The Hall–Kier alpha value is -2.08. The van der Waals surface area contributed by atoms with Gasteiger partial charge in [-0.2, -0.15) is 0 Å². The average molecular weight is 361 g/mol. The van der Waals surface area contributed by atoms with Gasteiger partial charge in [-0.15, -0.1) is 0 Å². The van der Waals surface area contributed by atoms with Crippen molar-refractivity contribution in [3.05, 3.63) is 30.3 Å². The molecule has 0 spiro atoms. The molecule has 0 radical (unpaired) electrons. The quantitative estimate of drug-likeness (QED) is 0.820. The minimum Gasteiger partial charge on any atom is -0.338 e. The molecule has 1 aliphatic heterocycles. The smallest absolute Gasteiger partial charge is 0.319 e. The molecule has 1 fully saturated rings. The Bertz CT molecular complexity index is 581. The zero-order valence-corrected chi connectivity index (χ0v) is 16.4. The third-order valence-electron chi connectivity index (χ3n) is 4.56. The highest BCUT2D eigenvalue weighted by Gasteiger charge is 2.30. The molecule has 1 aliphatic rings. The van der Waals surface area contributed by atoms with Crippen molar-refractivity contribution in [3.63, 3.8) is 0 Å². The normalized spacial score (nSPS) is 16.6. The highest BCUT2D eigenvalue weighted by Crippen LogP contribution is 2.12. The van der Waals surface area contributed by atoms with Gasteiger partial charge in [0.05, 0.1) is 0 Å². The van der Waals surface area contributed by atoms with Gasteiger partial charge in [-0.05, 0) is 24.0 Å². The van der Waals surface area contributed by atoms with Gasteiger partial charge in [-0.25, -0.2) is 4.79 Å². The van der Waals surface area contributed by atoms with Crippen LogP contribution < -0.4 is 10.6 Å². The monoisotopic (exact) mass is 360 g/mol. The summed E-state index contributed by atoms with van der Waals surface area (Å²) < 4.78 is 0. The molecule has 1 saturated heterocycles. The van der Waals surface area contributed by atoms with Crippen LogP contribution in [0.5, 0.6) is 0 Å². The van der Waals surface area contributed by atoms with Crippen LogP contribution in [-0.4, -0.2) is 60.5 Å². The first-order valence-electron chi connectivity index (χ1n) is 9.50. The van der Waals surface area contributed by atoms with E-state index in [-0.39, 0.29) is 17.9 Å². The van der Waals surface area contributed by atoms with E-state index in [2.05, 4.69) is 29.4 Å². The van der Waals surface area contributed by atoms with Crippen LogP contribution in [0.3, 0.4) is 0 Å². The van der Waals surface area contributed by atoms with E-state index < -0.39 is 6.04 Å². The summed E-state index contributed by atoms with van der Waals surface area (Å²) in [7, 11) is 0. The number of nitrogens with one attached hydrogen (secondary N) is 2. The number of para-hydroxylation sites is 1. The second kappa shape index (κ2) is 9.57. The number of rotatable bonds is 6. The number of urea groups is 1. The fraction of sp³-hybridized carbons (Fsp3) is 0.600. The molecule has 0 unspecified atom stereocenters. The van der Waals surface area contributed by atoms with Crippen molar-refractivity contribution in [2.45, 2.75) is 33.7 Å². The number of nitrogens with zero attached hydrogens (tertiary/aromatic N) is 2. The maximum absolute atomic E-state index is 12.9. The first-order valence-corrected chi connectivity index (χ1v) is 9.50. The van der Waals surface area contributed by atoms with Gasteiger partial charge in [0, 0.05) is 38.4 Å². The molecule has 1 aromatic rings. The van der Waals surface area contributed by atoms with Gasteiger partial charge in [0.2, 0.25) is 5.91 Å². The maximum Gasteiger partial charge on any atom is 0.319 e. The van der Waals surface area contributed by atoms with Gasteiger partial charge in [0.15, 0.2) is 0 Å². The number of carbonyl (C=O) groups excluding carboxylic acids is 2. The van der Waals surface area contributed by atoms with Gasteiger partial charge in [0.25, 0.3) is 0 Å². The minimum atomic E-state index is -0.518. The molecule has 0 aliphatic carbocycles. The van der Waals surface area contributed by atoms with E-state index in [4.69, 9.17) is 0 Å². The predicted octanol–water partition coefficient (Wildman–Crippen LogP) is 2.63. The molecule has 2 N–H and O–H groups in total. The summed E-state index contributed by atoms with van der Waals surface area (Å²) in [6, 6.07) is 8.38. The molecule has 144 valence electrons. The molecular weight excluding hydrogens is 328 g/mol. The highest BCUT2D eigenvalue weighted by atomic mass is 16.2. The Morgan fingerprint density at radius 2 is 1.62 bits per heavy atom. The van der Waals surface area contributed by atoms with Crippen molar-refractivity contribution in [1.29, 1.82) is 0 Å². The van der Waals surface area contributed by atoms with Crippen LogP contribution in [0, 0.1) is 11.8 Å². The minimum absolute atomic E-state index is 0.00686. The van der Waals surface area contributed by atoms with E-state index in [9.17, 15) is 9.59 Å². The molecule has 3 amide bonds. The summed E-state index contributed by atoms with van der Waals surface area (Å²) >= 11 is 0. The van der Waals surface area contributed by atoms with Crippen molar-refractivity contribution >= 4 is 17.6 Å². The Kier molecular flexibility index (Phi) is 7.45. The topological polar surface area (TPSA) is 64.7 Å². The highest BCUT2D eigenvalue weighted by molar-refractivity contribution is 5.93. The number of piperazine rings is 1. The van der Waals surface area contributed by atoms with Gasteiger partial charge >= 0.3 is 6.03 Å². The first-order chi connectivity index (χ1) is 12.4. The predicted molar refractivity (Wildman–Crippen MR) is 105 cm³/mol. The number of carbonyl (C=O) groups is 2. The van der Waals surface area contributed by atoms with Gasteiger partial charge in [-0.1, -0.05) is 45.9 Å². The molecule has 0 bridgehead atoms. The lowest BCUT2D eigenvalue weighted by Gasteiger charge is -2.37. The molecule has 1 aromatic carbocycles. The Labute approximate surface area is 156 Å². The van der Waals surface area contributed by atoms with E-state index in [0.29, 0.717) is 11.6 Å². The number of amides is 3. The summed E-state index contributed by atoms with van der Waals surface area (Å²) in [5.41, 5.74) is 0.710. The van der Waals surface area contributed by atoms with Crippen molar-refractivity contribution in [1.82, 2.24) is 15.1 Å². The number of hydrogen-bond acceptors (Lipinski definition) is 3.